The molecule has 0 saturated carbocycles. The number of nitrogens with two attached hydrogens (primary N) is 1. The number of alkyl halides is 1. The molecule has 0 fully saturated rings. The van der Waals surface area contributed by atoms with E-state index in [2.05, 4.69) is 4.72 Å². The van der Waals surface area contributed by atoms with Gasteiger partial charge in [-0.2, -0.15) is 0 Å². The van der Waals surface area contributed by atoms with Crippen molar-refractivity contribution in [3.63, 3.8) is 0 Å². The molecule has 1 unspecified atom stereocenters. The molecule has 0 bridgehead atoms. The number of carbonyl (C=O) groups excluding carboxylic acids is 1. The van der Waals surface area contributed by atoms with Gasteiger partial charge in [-0.3, -0.25) is 4.79 Å². The van der Waals surface area contributed by atoms with Crippen molar-refractivity contribution in [3.05, 3.63) is 30.3 Å². The first kappa shape index (κ1) is 17.1. The second kappa shape index (κ2) is 8.36. The normalized spacial score (nSPS) is 13.1. The quantitative estimate of drug-likeness (QED) is 0.530. The fourth-order valence-corrected chi connectivity index (χ4v) is 3.19. The van der Waals surface area contributed by atoms with Gasteiger partial charge in [0, 0.05) is 0 Å². The van der Waals surface area contributed by atoms with Gasteiger partial charge in [-0.25, -0.2) is 13.1 Å². The number of benzene rings is 1. The Bertz CT molecular complexity index is 520. The highest BCUT2D eigenvalue weighted by Gasteiger charge is 2.24. The molecule has 7 heteroatoms. The maximum Gasteiger partial charge on any atom is 0.241 e. The van der Waals surface area contributed by atoms with E-state index in [-0.39, 0.29) is 16.6 Å². The number of rotatable bonds is 9. The molecule has 0 aliphatic carbocycles. The van der Waals surface area contributed by atoms with Gasteiger partial charge in [0.15, 0.2) is 5.78 Å². The molecular formula is C13H19ClN2O3S. The van der Waals surface area contributed by atoms with Gasteiger partial charge in [-0.05, 0) is 31.5 Å². The first-order chi connectivity index (χ1) is 9.51. The van der Waals surface area contributed by atoms with E-state index in [4.69, 9.17) is 17.3 Å². The summed E-state index contributed by atoms with van der Waals surface area (Å²) in [6.07, 6.45) is 1.80. The minimum absolute atomic E-state index is 0.131. The Hall–Kier alpha value is -0.950. The van der Waals surface area contributed by atoms with Gasteiger partial charge in [0.25, 0.3) is 0 Å². The summed E-state index contributed by atoms with van der Waals surface area (Å²) in [6, 6.07) is 7.13. The minimum atomic E-state index is -3.71. The van der Waals surface area contributed by atoms with Crippen LogP contribution >= 0.6 is 11.6 Å². The van der Waals surface area contributed by atoms with Crippen LogP contribution in [0.5, 0.6) is 0 Å². The van der Waals surface area contributed by atoms with Crippen molar-refractivity contribution in [2.75, 3.05) is 12.4 Å². The average Bonchev–Trinajstić information content (AvgIpc) is 2.46. The van der Waals surface area contributed by atoms with Crippen LogP contribution in [0.25, 0.3) is 0 Å². The van der Waals surface area contributed by atoms with Crippen molar-refractivity contribution >= 4 is 27.4 Å². The van der Waals surface area contributed by atoms with Gasteiger partial charge in [-0.15, -0.1) is 11.6 Å². The van der Waals surface area contributed by atoms with Crippen LogP contribution in [0, 0.1) is 0 Å². The lowest BCUT2D eigenvalue weighted by Gasteiger charge is -2.16. The third kappa shape index (κ3) is 5.20. The Labute approximate surface area is 124 Å². The van der Waals surface area contributed by atoms with Crippen molar-refractivity contribution in [2.45, 2.75) is 30.2 Å². The number of hydrogen-bond acceptors (Lipinski definition) is 4. The summed E-state index contributed by atoms with van der Waals surface area (Å²) in [5.74, 6) is -0.548. The van der Waals surface area contributed by atoms with Crippen LogP contribution in [0.2, 0.25) is 0 Å². The van der Waals surface area contributed by atoms with Gasteiger partial charge in [0.1, 0.15) is 0 Å². The van der Waals surface area contributed by atoms with Crippen LogP contribution in [-0.2, 0) is 14.8 Å². The maximum absolute atomic E-state index is 12.2. The van der Waals surface area contributed by atoms with Gasteiger partial charge in [0.2, 0.25) is 10.0 Å². The van der Waals surface area contributed by atoms with Crippen molar-refractivity contribution in [1.29, 1.82) is 0 Å². The molecule has 3 N–H and O–H groups in total. The number of ketones is 1. The summed E-state index contributed by atoms with van der Waals surface area (Å²) < 4.78 is 26.7. The number of nitrogens with one attached hydrogen (secondary N) is 1. The molecule has 0 radical (unpaired) electrons. The number of halogens is 1. The van der Waals surface area contributed by atoms with E-state index in [0.29, 0.717) is 19.4 Å². The fourth-order valence-electron chi connectivity index (χ4n) is 1.73. The number of sulfonamides is 1. The third-order valence-electron chi connectivity index (χ3n) is 2.82. The monoisotopic (exact) mass is 318 g/mol. The van der Waals surface area contributed by atoms with E-state index in [1.165, 1.54) is 12.1 Å². The number of Topliss-reactive ketones (excluding diaryl/α,β-unsaturated/α-hetero) is 1. The molecular weight excluding hydrogens is 300 g/mol. The summed E-state index contributed by atoms with van der Waals surface area (Å²) in [5, 5.41) is 0. The number of unbranched alkanes of at least 4 members (excludes halogenated alkanes) is 1. The van der Waals surface area contributed by atoms with Crippen molar-refractivity contribution < 1.29 is 13.2 Å². The molecule has 20 heavy (non-hydrogen) atoms. The van der Waals surface area contributed by atoms with Gasteiger partial charge in [-0.1, -0.05) is 24.6 Å². The molecule has 0 heterocycles. The molecule has 0 amide bonds. The van der Waals surface area contributed by atoms with E-state index in [1.807, 2.05) is 0 Å². The molecule has 0 aliphatic rings. The predicted octanol–water partition coefficient (Wildman–Crippen LogP) is 1.27. The van der Waals surface area contributed by atoms with Crippen LogP contribution < -0.4 is 10.5 Å². The molecule has 1 aromatic rings. The van der Waals surface area contributed by atoms with Crippen LogP contribution in [0.3, 0.4) is 0 Å². The molecule has 1 aromatic carbocycles. The average molecular weight is 319 g/mol. The highest BCUT2D eigenvalue weighted by molar-refractivity contribution is 7.89. The summed E-state index contributed by atoms with van der Waals surface area (Å²) in [7, 11) is -3.71. The number of hydrogen-bond donors (Lipinski definition) is 2. The zero-order valence-corrected chi connectivity index (χ0v) is 12.7. The van der Waals surface area contributed by atoms with Crippen LogP contribution in [0.1, 0.15) is 19.3 Å². The van der Waals surface area contributed by atoms with E-state index < -0.39 is 16.1 Å². The Morgan fingerprint density at radius 3 is 2.45 bits per heavy atom. The van der Waals surface area contributed by atoms with Crippen LogP contribution in [0.4, 0.5) is 0 Å². The smallest absolute Gasteiger partial charge is 0.241 e. The summed E-state index contributed by atoms with van der Waals surface area (Å²) in [5.41, 5.74) is 5.39. The van der Waals surface area contributed by atoms with E-state index >= 15 is 0 Å². The fraction of sp³-hybridized carbons (Fsp3) is 0.462. The van der Waals surface area contributed by atoms with Crippen LogP contribution in [0.15, 0.2) is 35.2 Å². The third-order valence-corrected chi connectivity index (χ3v) is 4.57. The zero-order valence-electron chi connectivity index (χ0n) is 11.1. The maximum atomic E-state index is 12.2. The topological polar surface area (TPSA) is 89.3 Å². The zero-order chi connectivity index (χ0) is 15.0. The molecule has 0 spiro atoms. The van der Waals surface area contributed by atoms with Gasteiger partial charge in [0.05, 0.1) is 16.8 Å². The lowest BCUT2D eigenvalue weighted by atomic mass is 10.1. The molecule has 0 saturated heterocycles. The SMILES string of the molecule is NCCCCC(NS(=O)(=O)c1ccccc1)C(=O)CCl. The summed E-state index contributed by atoms with van der Waals surface area (Å²) in [4.78, 5) is 11.9. The van der Waals surface area contributed by atoms with E-state index in [0.717, 1.165) is 6.42 Å². The van der Waals surface area contributed by atoms with Gasteiger partial charge < -0.3 is 5.73 Å². The Morgan fingerprint density at radius 2 is 1.90 bits per heavy atom. The highest BCUT2D eigenvalue weighted by Crippen LogP contribution is 2.11. The second-order valence-electron chi connectivity index (χ2n) is 4.37. The Balaban J connectivity index is 2.80. The highest BCUT2D eigenvalue weighted by atomic mass is 35.5. The minimum Gasteiger partial charge on any atom is -0.330 e. The molecule has 1 rings (SSSR count). The summed E-state index contributed by atoms with van der Waals surface area (Å²) >= 11 is 5.53. The van der Waals surface area contributed by atoms with E-state index in [9.17, 15) is 13.2 Å². The Kier molecular flexibility index (Phi) is 7.15. The molecule has 0 aliphatic heterocycles. The van der Waals surface area contributed by atoms with Crippen molar-refractivity contribution in [2.24, 2.45) is 5.73 Å². The lowest BCUT2D eigenvalue weighted by molar-refractivity contribution is -0.118. The standard InChI is InChI=1S/C13H19ClN2O3S/c14-10-13(17)12(8-4-5-9-15)16-20(18,19)11-6-2-1-3-7-11/h1-3,6-7,12,16H,4-5,8-10,15H2. The second-order valence-corrected chi connectivity index (χ2v) is 6.35. The first-order valence-electron chi connectivity index (χ1n) is 6.37. The molecule has 112 valence electrons. The van der Waals surface area contributed by atoms with Gasteiger partial charge >= 0.3 is 0 Å². The van der Waals surface area contributed by atoms with Crippen molar-refractivity contribution in [3.8, 4) is 0 Å². The van der Waals surface area contributed by atoms with E-state index in [1.54, 1.807) is 18.2 Å². The molecule has 0 aromatic heterocycles. The summed E-state index contributed by atoms with van der Waals surface area (Å²) in [6.45, 7) is 0.507. The predicted molar refractivity (Wildman–Crippen MR) is 79.2 cm³/mol. The number of carbonyl (C=O) groups is 1. The Morgan fingerprint density at radius 1 is 1.25 bits per heavy atom. The molecule has 1 atom stereocenters. The first-order valence-corrected chi connectivity index (χ1v) is 8.39. The largest absolute Gasteiger partial charge is 0.330 e. The molecule has 5 nitrogen and oxygen atoms in total. The lowest BCUT2D eigenvalue weighted by Crippen LogP contribution is -2.41. The van der Waals surface area contributed by atoms with Crippen LogP contribution in [-0.4, -0.2) is 32.7 Å². The van der Waals surface area contributed by atoms with Crippen molar-refractivity contribution in [1.82, 2.24) is 4.72 Å².